The molecule has 2 aromatic heterocycles. The van der Waals surface area contributed by atoms with E-state index < -0.39 is 0 Å². The fourth-order valence-corrected chi connectivity index (χ4v) is 4.93. The van der Waals surface area contributed by atoms with Gasteiger partial charge in [-0.3, -0.25) is 0 Å². The number of aromatic nitrogens is 2. The predicted molar refractivity (Wildman–Crippen MR) is 90.9 cm³/mol. The van der Waals surface area contributed by atoms with Gasteiger partial charge in [0.2, 0.25) is 0 Å². The van der Waals surface area contributed by atoms with Crippen LogP contribution in [0.4, 0.5) is 5.82 Å². The maximum absolute atomic E-state index is 5.89. The van der Waals surface area contributed by atoms with Crippen LogP contribution in [0, 0.1) is 0 Å². The van der Waals surface area contributed by atoms with E-state index >= 15 is 0 Å². The Hall–Kier alpha value is -1.20. The number of ether oxygens (including phenoxy) is 1. The predicted octanol–water partition coefficient (Wildman–Crippen LogP) is 3.58. The number of aryl methyl sites for hydroxylation is 2. The fourth-order valence-electron chi connectivity index (χ4n) is 3.71. The molecule has 0 N–H and O–H groups in total. The van der Waals surface area contributed by atoms with Gasteiger partial charge < -0.3 is 9.64 Å². The molecule has 0 aromatic carbocycles. The number of nitrogens with zero attached hydrogens (tertiary/aromatic N) is 3. The molecule has 1 aliphatic carbocycles. The number of rotatable bonds is 3. The fraction of sp³-hybridized carbons (Fsp3) is 0.647. The summed E-state index contributed by atoms with van der Waals surface area (Å²) in [6.45, 7) is 1.84. The van der Waals surface area contributed by atoms with E-state index in [0.717, 1.165) is 23.8 Å². The summed E-state index contributed by atoms with van der Waals surface area (Å²) in [7, 11) is 2.15. The second kappa shape index (κ2) is 6.13. The highest BCUT2D eigenvalue weighted by Gasteiger charge is 2.23. The molecule has 22 heavy (non-hydrogen) atoms. The van der Waals surface area contributed by atoms with Gasteiger partial charge in [0.05, 0.1) is 11.5 Å². The first-order valence-corrected chi connectivity index (χ1v) is 9.22. The Labute approximate surface area is 135 Å². The van der Waals surface area contributed by atoms with Crippen LogP contribution in [0.5, 0.6) is 0 Å². The van der Waals surface area contributed by atoms with Crippen molar-refractivity contribution in [2.24, 2.45) is 0 Å². The van der Waals surface area contributed by atoms with E-state index in [1.807, 2.05) is 11.3 Å². The minimum absolute atomic E-state index is 0.346. The first kappa shape index (κ1) is 14.4. The third-order valence-corrected chi connectivity index (χ3v) is 6.04. The highest BCUT2D eigenvalue weighted by molar-refractivity contribution is 7.19. The smallest absolute Gasteiger partial charge is 0.140 e. The molecule has 2 aromatic rings. The van der Waals surface area contributed by atoms with E-state index in [2.05, 4.69) is 21.9 Å². The molecule has 0 bridgehead atoms. The van der Waals surface area contributed by atoms with Crippen LogP contribution in [-0.2, 0) is 17.6 Å². The molecule has 4 nitrogen and oxygen atoms in total. The summed E-state index contributed by atoms with van der Waals surface area (Å²) in [6, 6.07) is 0. The number of thiophene rings is 1. The van der Waals surface area contributed by atoms with Crippen molar-refractivity contribution in [2.75, 3.05) is 25.1 Å². The first-order valence-electron chi connectivity index (χ1n) is 8.41. The lowest BCUT2D eigenvalue weighted by atomic mass is 9.97. The van der Waals surface area contributed by atoms with Crippen molar-refractivity contribution in [3.63, 3.8) is 0 Å². The average molecular weight is 317 g/mol. The third-order valence-electron chi connectivity index (χ3n) is 4.84. The largest absolute Gasteiger partial charge is 0.376 e. The summed E-state index contributed by atoms with van der Waals surface area (Å²) in [6.07, 6.45) is 10.7. The lowest BCUT2D eigenvalue weighted by Gasteiger charge is -2.28. The lowest BCUT2D eigenvalue weighted by Crippen LogP contribution is -2.33. The zero-order valence-corrected chi connectivity index (χ0v) is 14.0. The topological polar surface area (TPSA) is 38.2 Å². The summed E-state index contributed by atoms with van der Waals surface area (Å²) in [5.41, 5.74) is 1.51. The van der Waals surface area contributed by atoms with E-state index in [4.69, 9.17) is 4.74 Å². The number of likely N-dealkylation sites (N-methyl/N-ethyl adjacent to an activating group) is 1. The van der Waals surface area contributed by atoms with Crippen molar-refractivity contribution < 1.29 is 4.74 Å². The summed E-state index contributed by atoms with van der Waals surface area (Å²) in [5.74, 6) is 1.10. The van der Waals surface area contributed by atoms with Crippen LogP contribution < -0.4 is 4.90 Å². The molecule has 0 radical (unpaired) electrons. The van der Waals surface area contributed by atoms with Gasteiger partial charge >= 0.3 is 0 Å². The van der Waals surface area contributed by atoms with Crippen molar-refractivity contribution in [1.29, 1.82) is 0 Å². The van der Waals surface area contributed by atoms with Gasteiger partial charge in [-0.25, -0.2) is 9.97 Å². The van der Waals surface area contributed by atoms with Crippen LogP contribution in [0.2, 0.25) is 0 Å². The number of anilines is 1. The van der Waals surface area contributed by atoms with Crippen molar-refractivity contribution in [3.05, 3.63) is 16.8 Å². The van der Waals surface area contributed by atoms with Crippen LogP contribution in [0.25, 0.3) is 10.2 Å². The first-order chi connectivity index (χ1) is 10.8. The molecule has 0 saturated carbocycles. The number of hydrogen-bond donors (Lipinski definition) is 0. The SMILES string of the molecule is CN(CC1CCCCO1)c1ncnc2sc3c(c12)CCCC3. The third kappa shape index (κ3) is 2.61. The Morgan fingerprint density at radius 3 is 3.00 bits per heavy atom. The molecule has 2 aliphatic rings. The minimum atomic E-state index is 0.346. The molecule has 118 valence electrons. The summed E-state index contributed by atoms with van der Waals surface area (Å²) in [5, 5.41) is 1.31. The summed E-state index contributed by atoms with van der Waals surface area (Å²) < 4.78 is 5.89. The maximum atomic E-state index is 5.89. The second-order valence-electron chi connectivity index (χ2n) is 6.46. The molecule has 1 saturated heterocycles. The highest BCUT2D eigenvalue weighted by atomic mass is 32.1. The second-order valence-corrected chi connectivity index (χ2v) is 7.54. The van der Waals surface area contributed by atoms with E-state index in [1.54, 1.807) is 6.33 Å². The Balaban J connectivity index is 1.66. The molecule has 0 amide bonds. The summed E-state index contributed by atoms with van der Waals surface area (Å²) in [4.78, 5) is 14.1. The molecule has 4 rings (SSSR count). The Morgan fingerprint density at radius 1 is 1.23 bits per heavy atom. The van der Waals surface area contributed by atoms with Gasteiger partial charge in [0, 0.05) is 25.1 Å². The van der Waals surface area contributed by atoms with Gasteiger partial charge in [0.1, 0.15) is 17.0 Å². The Morgan fingerprint density at radius 2 is 2.14 bits per heavy atom. The van der Waals surface area contributed by atoms with Crippen LogP contribution in [0.1, 0.15) is 42.5 Å². The molecule has 5 heteroatoms. The van der Waals surface area contributed by atoms with Crippen molar-refractivity contribution >= 4 is 27.4 Å². The maximum Gasteiger partial charge on any atom is 0.140 e. The van der Waals surface area contributed by atoms with Gasteiger partial charge in [-0.05, 0) is 50.5 Å². The average Bonchev–Trinajstić information content (AvgIpc) is 2.94. The van der Waals surface area contributed by atoms with Crippen molar-refractivity contribution in [1.82, 2.24) is 9.97 Å². The van der Waals surface area contributed by atoms with Crippen molar-refractivity contribution in [3.8, 4) is 0 Å². The molecule has 0 spiro atoms. The molecular weight excluding hydrogens is 294 g/mol. The zero-order chi connectivity index (χ0) is 14.9. The molecule has 3 heterocycles. The van der Waals surface area contributed by atoms with Crippen LogP contribution in [0.15, 0.2) is 6.33 Å². The molecule has 1 fully saturated rings. The highest BCUT2D eigenvalue weighted by Crippen LogP contribution is 2.39. The van der Waals surface area contributed by atoms with E-state index in [0.29, 0.717) is 6.10 Å². The van der Waals surface area contributed by atoms with Crippen LogP contribution >= 0.6 is 11.3 Å². The monoisotopic (exact) mass is 317 g/mol. The standard InChI is InChI=1S/C17H23N3OS/c1-20(10-12-6-4-5-9-21-12)16-15-13-7-2-3-8-14(13)22-17(15)19-11-18-16/h11-12H,2-10H2,1H3. The lowest BCUT2D eigenvalue weighted by molar-refractivity contribution is 0.0215. The molecular formula is C17H23N3OS. The normalized spacial score (nSPS) is 21.8. The number of fused-ring (bicyclic) bond motifs is 3. The van der Waals surface area contributed by atoms with Crippen LogP contribution in [-0.4, -0.2) is 36.3 Å². The van der Waals surface area contributed by atoms with Crippen molar-refractivity contribution in [2.45, 2.75) is 51.0 Å². The van der Waals surface area contributed by atoms with Gasteiger partial charge in [-0.2, -0.15) is 0 Å². The van der Waals surface area contributed by atoms with Gasteiger partial charge in [-0.15, -0.1) is 11.3 Å². The van der Waals surface area contributed by atoms with Gasteiger partial charge in [0.25, 0.3) is 0 Å². The summed E-state index contributed by atoms with van der Waals surface area (Å²) >= 11 is 1.87. The van der Waals surface area contributed by atoms with E-state index in [9.17, 15) is 0 Å². The quantitative estimate of drug-likeness (QED) is 0.867. The van der Waals surface area contributed by atoms with Crippen LogP contribution in [0.3, 0.4) is 0 Å². The number of hydrogen-bond acceptors (Lipinski definition) is 5. The van der Waals surface area contributed by atoms with Gasteiger partial charge in [0.15, 0.2) is 0 Å². The minimum Gasteiger partial charge on any atom is -0.376 e. The molecule has 1 atom stereocenters. The van der Waals surface area contributed by atoms with E-state index in [1.165, 1.54) is 60.8 Å². The Kier molecular flexibility index (Phi) is 4.01. The van der Waals surface area contributed by atoms with Gasteiger partial charge in [-0.1, -0.05) is 0 Å². The Bertz CT molecular complexity index is 663. The zero-order valence-electron chi connectivity index (χ0n) is 13.2. The molecule has 1 unspecified atom stereocenters. The van der Waals surface area contributed by atoms with E-state index in [-0.39, 0.29) is 0 Å². The molecule has 1 aliphatic heterocycles.